The molecule has 0 bridgehead atoms. The van der Waals surface area contributed by atoms with Gasteiger partial charge in [-0.15, -0.1) is 0 Å². The second-order valence-electron chi connectivity index (χ2n) is 6.29. The predicted molar refractivity (Wildman–Crippen MR) is 69.6 cm³/mol. The fourth-order valence-electron chi connectivity index (χ4n) is 2.78. The van der Waals surface area contributed by atoms with Crippen LogP contribution in [-0.4, -0.2) is 23.8 Å². The molecule has 1 fully saturated rings. The third-order valence-electron chi connectivity index (χ3n) is 3.57. The van der Waals surface area contributed by atoms with Crippen LogP contribution in [0.5, 0.6) is 0 Å². The van der Waals surface area contributed by atoms with Gasteiger partial charge in [-0.1, -0.05) is 39.5 Å². The van der Waals surface area contributed by atoms with Crippen LogP contribution in [0.25, 0.3) is 0 Å². The smallest absolute Gasteiger partial charge is 0.0517 e. The molecule has 1 aliphatic carbocycles. The molecule has 0 spiro atoms. The summed E-state index contributed by atoms with van der Waals surface area (Å²) in [5.74, 6) is 0. The number of rotatable bonds is 5. The summed E-state index contributed by atoms with van der Waals surface area (Å²) < 4.78 is 0. The number of hydrogen-bond acceptors (Lipinski definition) is 2. The van der Waals surface area contributed by atoms with Crippen LogP contribution in [0, 0.1) is 5.41 Å². The highest BCUT2D eigenvalue weighted by Gasteiger charge is 2.22. The first-order chi connectivity index (χ1) is 7.49. The maximum Gasteiger partial charge on any atom is 0.0517 e. The monoisotopic (exact) mass is 227 g/mol. The van der Waals surface area contributed by atoms with E-state index >= 15 is 0 Å². The van der Waals surface area contributed by atoms with E-state index in [1.165, 1.54) is 38.5 Å². The molecular formula is C14H29NO. The van der Waals surface area contributed by atoms with Gasteiger partial charge in [0.1, 0.15) is 0 Å². The van der Waals surface area contributed by atoms with Crippen LogP contribution in [0.15, 0.2) is 0 Å². The van der Waals surface area contributed by atoms with Crippen molar-refractivity contribution in [1.82, 2.24) is 5.32 Å². The summed E-state index contributed by atoms with van der Waals surface area (Å²) in [4.78, 5) is 0. The molecule has 0 heterocycles. The standard InChI is InChI=1S/C14H29NO/c1-12(16)10-14(2,3)11-15-13-8-6-4-5-7-9-13/h12-13,15-16H,4-11H2,1-3H3. The SMILES string of the molecule is CC(O)CC(C)(C)CNC1CCCCCC1. The lowest BCUT2D eigenvalue weighted by molar-refractivity contribution is 0.126. The molecule has 0 saturated heterocycles. The first-order valence-electron chi connectivity index (χ1n) is 6.91. The third-order valence-corrected chi connectivity index (χ3v) is 3.57. The molecule has 1 saturated carbocycles. The first kappa shape index (κ1) is 14.0. The van der Waals surface area contributed by atoms with E-state index in [0.29, 0.717) is 0 Å². The largest absolute Gasteiger partial charge is 0.393 e. The predicted octanol–water partition coefficient (Wildman–Crippen LogP) is 3.10. The van der Waals surface area contributed by atoms with Crippen molar-refractivity contribution in [2.45, 2.75) is 77.9 Å². The van der Waals surface area contributed by atoms with E-state index in [-0.39, 0.29) is 11.5 Å². The second kappa shape index (κ2) is 6.61. The zero-order chi connectivity index (χ0) is 12.0. The van der Waals surface area contributed by atoms with Gasteiger partial charge in [-0.25, -0.2) is 0 Å². The van der Waals surface area contributed by atoms with Gasteiger partial charge in [-0.2, -0.15) is 0 Å². The average Bonchev–Trinajstić information content (AvgIpc) is 2.40. The van der Waals surface area contributed by atoms with E-state index < -0.39 is 0 Å². The summed E-state index contributed by atoms with van der Waals surface area (Å²) in [5.41, 5.74) is 0.209. The Morgan fingerprint density at radius 2 is 1.75 bits per heavy atom. The molecule has 16 heavy (non-hydrogen) atoms. The number of nitrogens with one attached hydrogen (secondary N) is 1. The summed E-state index contributed by atoms with van der Waals surface area (Å²) in [6, 6.07) is 0.718. The minimum absolute atomic E-state index is 0.189. The Balaban J connectivity index is 2.25. The Morgan fingerprint density at radius 1 is 1.19 bits per heavy atom. The van der Waals surface area contributed by atoms with Gasteiger partial charge in [0.05, 0.1) is 6.10 Å². The van der Waals surface area contributed by atoms with Crippen LogP contribution in [0.4, 0.5) is 0 Å². The van der Waals surface area contributed by atoms with Crippen molar-refractivity contribution in [2.75, 3.05) is 6.54 Å². The van der Waals surface area contributed by atoms with Crippen molar-refractivity contribution in [3.8, 4) is 0 Å². The first-order valence-corrected chi connectivity index (χ1v) is 6.91. The number of hydrogen-bond donors (Lipinski definition) is 2. The lowest BCUT2D eigenvalue weighted by Gasteiger charge is -2.29. The van der Waals surface area contributed by atoms with E-state index in [1.54, 1.807) is 0 Å². The van der Waals surface area contributed by atoms with E-state index in [0.717, 1.165) is 19.0 Å². The molecule has 0 radical (unpaired) electrons. The molecular weight excluding hydrogens is 198 g/mol. The van der Waals surface area contributed by atoms with Gasteiger partial charge in [0.2, 0.25) is 0 Å². The fraction of sp³-hybridized carbons (Fsp3) is 1.00. The Hall–Kier alpha value is -0.0800. The molecule has 2 N–H and O–H groups in total. The minimum atomic E-state index is -0.189. The van der Waals surface area contributed by atoms with Crippen molar-refractivity contribution in [3.05, 3.63) is 0 Å². The van der Waals surface area contributed by atoms with Gasteiger partial charge in [0, 0.05) is 12.6 Å². The summed E-state index contributed by atoms with van der Waals surface area (Å²) in [7, 11) is 0. The Kier molecular flexibility index (Phi) is 5.77. The van der Waals surface area contributed by atoms with Crippen LogP contribution in [0.1, 0.15) is 65.7 Å². The van der Waals surface area contributed by atoms with Gasteiger partial charge < -0.3 is 10.4 Å². The van der Waals surface area contributed by atoms with Crippen molar-refractivity contribution in [2.24, 2.45) is 5.41 Å². The van der Waals surface area contributed by atoms with Crippen molar-refractivity contribution >= 4 is 0 Å². The highest BCUT2D eigenvalue weighted by Crippen LogP contribution is 2.23. The van der Waals surface area contributed by atoms with E-state index in [9.17, 15) is 5.11 Å². The summed E-state index contributed by atoms with van der Waals surface area (Å²) in [6.45, 7) is 7.39. The maximum atomic E-state index is 9.44. The van der Waals surface area contributed by atoms with Gasteiger partial charge in [0.15, 0.2) is 0 Å². The molecule has 1 unspecified atom stereocenters. The zero-order valence-corrected chi connectivity index (χ0v) is 11.3. The fourth-order valence-corrected chi connectivity index (χ4v) is 2.78. The Morgan fingerprint density at radius 3 is 2.25 bits per heavy atom. The van der Waals surface area contributed by atoms with Crippen molar-refractivity contribution < 1.29 is 5.11 Å². The van der Waals surface area contributed by atoms with E-state index in [1.807, 2.05) is 6.92 Å². The maximum absolute atomic E-state index is 9.44. The number of aliphatic hydroxyl groups is 1. The van der Waals surface area contributed by atoms with Crippen LogP contribution >= 0.6 is 0 Å². The average molecular weight is 227 g/mol. The quantitative estimate of drug-likeness (QED) is 0.707. The van der Waals surface area contributed by atoms with Crippen LogP contribution in [-0.2, 0) is 0 Å². The minimum Gasteiger partial charge on any atom is -0.393 e. The molecule has 0 aromatic rings. The molecule has 2 heteroatoms. The normalized spacial score (nSPS) is 21.8. The summed E-state index contributed by atoms with van der Waals surface area (Å²) in [5, 5.41) is 13.1. The molecule has 1 rings (SSSR count). The lowest BCUT2D eigenvalue weighted by atomic mass is 9.86. The van der Waals surface area contributed by atoms with Crippen LogP contribution < -0.4 is 5.32 Å². The molecule has 2 nitrogen and oxygen atoms in total. The second-order valence-corrected chi connectivity index (χ2v) is 6.29. The molecule has 0 amide bonds. The summed E-state index contributed by atoms with van der Waals surface area (Å²) >= 11 is 0. The Labute approximate surface area is 101 Å². The van der Waals surface area contributed by atoms with Gasteiger partial charge >= 0.3 is 0 Å². The Bertz CT molecular complexity index is 181. The van der Waals surface area contributed by atoms with Gasteiger partial charge in [-0.05, 0) is 31.6 Å². The zero-order valence-electron chi connectivity index (χ0n) is 11.3. The molecule has 96 valence electrons. The van der Waals surface area contributed by atoms with Crippen LogP contribution in [0.3, 0.4) is 0 Å². The van der Waals surface area contributed by atoms with Crippen LogP contribution in [0.2, 0.25) is 0 Å². The molecule has 0 aromatic heterocycles. The lowest BCUT2D eigenvalue weighted by Crippen LogP contribution is -2.38. The van der Waals surface area contributed by atoms with Crippen molar-refractivity contribution in [1.29, 1.82) is 0 Å². The van der Waals surface area contributed by atoms with E-state index in [2.05, 4.69) is 19.2 Å². The topological polar surface area (TPSA) is 32.3 Å². The molecule has 1 atom stereocenters. The molecule has 0 aromatic carbocycles. The summed E-state index contributed by atoms with van der Waals surface area (Å²) in [6.07, 6.45) is 8.96. The molecule has 0 aliphatic heterocycles. The highest BCUT2D eigenvalue weighted by atomic mass is 16.3. The van der Waals surface area contributed by atoms with Gasteiger partial charge in [0.25, 0.3) is 0 Å². The number of aliphatic hydroxyl groups excluding tert-OH is 1. The highest BCUT2D eigenvalue weighted by molar-refractivity contribution is 4.78. The van der Waals surface area contributed by atoms with Crippen molar-refractivity contribution in [3.63, 3.8) is 0 Å². The third kappa shape index (κ3) is 5.86. The van der Waals surface area contributed by atoms with E-state index in [4.69, 9.17) is 0 Å². The molecule has 1 aliphatic rings. The van der Waals surface area contributed by atoms with Gasteiger partial charge in [-0.3, -0.25) is 0 Å².